The number of nitrogens with zero attached hydrogens (tertiary/aromatic N) is 6. The molecule has 0 atom stereocenters. The van der Waals surface area contributed by atoms with Gasteiger partial charge in [0.15, 0.2) is 11.0 Å². The topological polar surface area (TPSA) is 167 Å². The minimum atomic E-state index is -0.531. The Balaban J connectivity index is 1.57. The quantitative estimate of drug-likeness (QED) is 0.169. The molecule has 2 aromatic carbocycles. The lowest BCUT2D eigenvalue weighted by molar-refractivity contribution is -0.385. The van der Waals surface area contributed by atoms with Gasteiger partial charge in [0, 0.05) is 17.2 Å². The van der Waals surface area contributed by atoms with Crippen molar-refractivity contribution in [2.24, 2.45) is 0 Å². The number of para-hydroxylation sites is 2. The van der Waals surface area contributed by atoms with E-state index in [9.17, 15) is 19.7 Å². The summed E-state index contributed by atoms with van der Waals surface area (Å²) in [5.41, 5.74) is 0.906. The van der Waals surface area contributed by atoms with Crippen molar-refractivity contribution in [3.05, 3.63) is 74.5 Å². The molecule has 0 fully saturated rings. The van der Waals surface area contributed by atoms with Gasteiger partial charge in [-0.15, -0.1) is 20.4 Å². The summed E-state index contributed by atoms with van der Waals surface area (Å²) in [6.45, 7) is 3.27. The number of anilines is 1. The summed E-state index contributed by atoms with van der Waals surface area (Å²) in [4.78, 5) is 36.1. The monoisotopic (exact) mass is 554 g/mol. The fraction of sp³-hybridized carbons (Fsp3) is 0.217. The molecule has 0 aliphatic heterocycles. The molecule has 0 radical (unpaired) electrons. The predicted octanol–water partition coefficient (Wildman–Crippen LogP) is 3.31. The molecule has 4 rings (SSSR count). The molecular formula is C23H22N8O5S2. The molecule has 2 heterocycles. The summed E-state index contributed by atoms with van der Waals surface area (Å²) < 4.78 is 7.19. The van der Waals surface area contributed by atoms with Crippen molar-refractivity contribution in [1.29, 1.82) is 0 Å². The number of benzene rings is 2. The average molecular weight is 555 g/mol. The first-order valence-corrected chi connectivity index (χ1v) is 12.9. The molecule has 196 valence electrons. The van der Waals surface area contributed by atoms with Crippen LogP contribution in [0, 0.1) is 24.0 Å². The number of methoxy groups -OCH3 is 1. The van der Waals surface area contributed by atoms with Gasteiger partial charge in [0.25, 0.3) is 11.6 Å². The Bertz CT molecular complexity index is 1500. The van der Waals surface area contributed by atoms with Gasteiger partial charge in [0.2, 0.25) is 11.0 Å². The zero-order chi connectivity index (χ0) is 27.2. The molecular weight excluding hydrogens is 532 g/mol. The van der Waals surface area contributed by atoms with Crippen LogP contribution < -0.4 is 15.4 Å². The molecule has 0 spiro atoms. The van der Waals surface area contributed by atoms with Gasteiger partial charge in [-0.2, -0.15) is 0 Å². The summed E-state index contributed by atoms with van der Waals surface area (Å²) in [5.74, 6) is 0.127. The van der Waals surface area contributed by atoms with E-state index in [-0.39, 0.29) is 35.0 Å². The maximum atomic E-state index is 12.9. The van der Waals surface area contributed by atoms with E-state index in [0.29, 0.717) is 27.5 Å². The van der Waals surface area contributed by atoms with Crippen molar-refractivity contribution in [2.75, 3.05) is 18.2 Å². The summed E-state index contributed by atoms with van der Waals surface area (Å²) in [6.07, 6.45) is 0. The predicted molar refractivity (Wildman–Crippen MR) is 141 cm³/mol. The number of aryl methyl sites for hydroxylation is 1. The Morgan fingerprint density at radius 2 is 1.89 bits per heavy atom. The first-order valence-electron chi connectivity index (χ1n) is 11.1. The highest BCUT2D eigenvalue weighted by Gasteiger charge is 2.21. The van der Waals surface area contributed by atoms with Gasteiger partial charge in [0.1, 0.15) is 10.8 Å². The lowest BCUT2D eigenvalue weighted by atomic mass is 10.1. The van der Waals surface area contributed by atoms with Crippen LogP contribution in [0.3, 0.4) is 0 Å². The Labute approximate surface area is 224 Å². The number of amides is 2. The van der Waals surface area contributed by atoms with E-state index < -0.39 is 10.8 Å². The number of nitro groups is 1. The van der Waals surface area contributed by atoms with Gasteiger partial charge in [-0.3, -0.25) is 29.6 Å². The molecule has 2 aromatic heterocycles. The third-order valence-corrected chi connectivity index (χ3v) is 6.97. The third kappa shape index (κ3) is 5.95. The smallest absolute Gasteiger partial charge is 0.273 e. The van der Waals surface area contributed by atoms with E-state index in [1.807, 2.05) is 12.1 Å². The van der Waals surface area contributed by atoms with Gasteiger partial charge >= 0.3 is 0 Å². The SMILES string of the molecule is COc1ccccc1-n1c(CNC(=O)c2cccc([N+](=O)[O-])c2C)nnc1SCC(=O)Nc1nnc(C)s1. The lowest BCUT2D eigenvalue weighted by Gasteiger charge is -2.14. The minimum Gasteiger partial charge on any atom is -0.495 e. The summed E-state index contributed by atoms with van der Waals surface area (Å²) in [5, 5.41) is 34.5. The van der Waals surface area contributed by atoms with E-state index in [1.165, 1.54) is 43.6 Å². The molecule has 0 aliphatic carbocycles. The number of rotatable bonds is 10. The van der Waals surface area contributed by atoms with E-state index >= 15 is 0 Å². The second-order valence-corrected chi connectivity index (χ2v) is 9.88. The van der Waals surface area contributed by atoms with Crippen molar-refractivity contribution >= 4 is 45.7 Å². The van der Waals surface area contributed by atoms with Crippen LogP contribution in [0.1, 0.15) is 26.8 Å². The molecule has 2 N–H and O–H groups in total. The van der Waals surface area contributed by atoms with Crippen LogP contribution >= 0.6 is 23.1 Å². The summed E-state index contributed by atoms with van der Waals surface area (Å²) in [7, 11) is 1.53. The molecule has 4 aromatic rings. The van der Waals surface area contributed by atoms with E-state index in [2.05, 4.69) is 31.0 Å². The van der Waals surface area contributed by atoms with Crippen molar-refractivity contribution in [3.8, 4) is 11.4 Å². The number of ether oxygens (including phenoxy) is 1. The molecule has 0 bridgehead atoms. The van der Waals surface area contributed by atoms with E-state index in [1.54, 1.807) is 23.6 Å². The van der Waals surface area contributed by atoms with Crippen molar-refractivity contribution < 1.29 is 19.2 Å². The van der Waals surface area contributed by atoms with Crippen molar-refractivity contribution in [1.82, 2.24) is 30.3 Å². The number of carbonyl (C=O) groups is 2. The van der Waals surface area contributed by atoms with Crippen LogP contribution in [0.25, 0.3) is 5.69 Å². The Morgan fingerprint density at radius 1 is 1.11 bits per heavy atom. The fourth-order valence-corrected chi connectivity index (χ4v) is 4.89. The minimum absolute atomic E-state index is 0.0190. The maximum absolute atomic E-state index is 12.9. The van der Waals surface area contributed by atoms with Crippen LogP contribution in [-0.2, 0) is 11.3 Å². The highest BCUT2D eigenvalue weighted by molar-refractivity contribution is 7.99. The van der Waals surface area contributed by atoms with Crippen LogP contribution in [0.2, 0.25) is 0 Å². The number of hydrogen-bond acceptors (Lipinski definition) is 11. The summed E-state index contributed by atoms with van der Waals surface area (Å²) in [6, 6.07) is 11.5. The highest BCUT2D eigenvalue weighted by Crippen LogP contribution is 2.29. The molecule has 15 heteroatoms. The first-order chi connectivity index (χ1) is 18.3. The largest absolute Gasteiger partial charge is 0.495 e. The third-order valence-electron chi connectivity index (χ3n) is 5.28. The zero-order valence-electron chi connectivity index (χ0n) is 20.5. The molecule has 0 saturated carbocycles. The molecule has 0 aliphatic rings. The van der Waals surface area contributed by atoms with Crippen molar-refractivity contribution in [3.63, 3.8) is 0 Å². The van der Waals surface area contributed by atoms with E-state index in [0.717, 1.165) is 16.8 Å². The van der Waals surface area contributed by atoms with Crippen molar-refractivity contribution in [2.45, 2.75) is 25.5 Å². The van der Waals surface area contributed by atoms with E-state index in [4.69, 9.17) is 4.74 Å². The second-order valence-electron chi connectivity index (χ2n) is 7.76. The zero-order valence-corrected chi connectivity index (χ0v) is 22.1. The number of nitro benzene ring substituents is 1. The number of carbonyl (C=O) groups excluding carboxylic acids is 2. The highest BCUT2D eigenvalue weighted by atomic mass is 32.2. The lowest BCUT2D eigenvalue weighted by Crippen LogP contribution is -2.25. The number of hydrogen-bond donors (Lipinski definition) is 2. The van der Waals surface area contributed by atoms with Gasteiger partial charge in [0.05, 0.1) is 30.0 Å². The normalized spacial score (nSPS) is 10.7. The number of nitrogens with one attached hydrogen (secondary N) is 2. The van der Waals surface area contributed by atoms with Gasteiger partial charge in [-0.1, -0.05) is 41.3 Å². The Hall–Kier alpha value is -4.37. The van der Waals surface area contributed by atoms with Crippen LogP contribution in [0.5, 0.6) is 5.75 Å². The molecule has 38 heavy (non-hydrogen) atoms. The van der Waals surface area contributed by atoms with Gasteiger partial charge in [-0.25, -0.2) is 0 Å². The van der Waals surface area contributed by atoms with Gasteiger partial charge in [-0.05, 0) is 32.0 Å². The maximum Gasteiger partial charge on any atom is 0.273 e. The average Bonchev–Trinajstić information content (AvgIpc) is 3.51. The molecule has 13 nitrogen and oxygen atoms in total. The Morgan fingerprint density at radius 3 is 2.61 bits per heavy atom. The number of aromatic nitrogens is 5. The van der Waals surface area contributed by atoms with Crippen LogP contribution in [0.15, 0.2) is 47.6 Å². The summed E-state index contributed by atoms with van der Waals surface area (Å²) >= 11 is 2.41. The first kappa shape index (κ1) is 26.7. The van der Waals surface area contributed by atoms with Crippen LogP contribution in [0.4, 0.5) is 10.8 Å². The van der Waals surface area contributed by atoms with Gasteiger partial charge < -0.3 is 10.1 Å². The standard InChI is InChI=1S/C23H22N8O5S2/c1-13-15(7-6-9-16(13)31(34)35)21(33)24-11-19-27-29-23(30(19)17-8-4-5-10-18(17)36-3)37-12-20(32)25-22-28-26-14(2)38-22/h4-10H,11-12H2,1-3H3,(H,24,33)(H,25,28,32). The molecule has 0 saturated heterocycles. The fourth-order valence-electron chi connectivity index (χ4n) is 3.52. The molecule has 0 unspecified atom stereocenters. The Kier molecular flexibility index (Phi) is 8.28. The van der Waals surface area contributed by atoms with Crippen LogP contribution in [-0.4, -0.2) is 54.6 Å². The molecule has 2 amide bonds. The second kappa shape index (κ2) is 11.8. The number of thioether (sulfide) groups is 1.